The fraction of sp³-hybridized carbons (Fsp3) is 0.200. The summed E-state index contributed by atoms with van der Waals surface area (Å²) in [6.45, 7) is -0.144. The molecule has 82 valence electrons. The van der Waals surface area contributed by atoms with Crippen molar-refractivity contribution in [1.82, 2.24) is 5.32 Å². The van der Waals surface area contributed by atoms with Crippen LogP contribution in [0.5, 0.6) is 0 Å². The van der Waals surface area contributed by atoms with Crippen LogP contribution in [0.4, 0.5) is 0 Å². The largest absolute Gasteiger partial charge is 0.480 e. The Hall–Kier alpha value is -1.39. The lowest BCUT2D eigenvalue weighted by Crippen LogP contribution is -2.28. The Balaban J connectivity index is 0.00000196. The van der Waals surface area contributed by atoms with Gasteiger partial charge in [-0.3, -0.25) is 14.9 Å². The van der Waals surface area contributed by atoms with Gasteiger partial charge in [0.25, 0.3) is 0 Å². The fourth-order valence-corrected chi connectivity index (χ4v) is 1.01. The first kappa shape index (κ1) is 13.6. The number of benzene rings is 1. The first-order valence-corrected chi connectivity index (χ1v) is 4.21. The Labute approximate surface area is 93.7 Å². The average Bonchev–Trinajstić information content (AvgIpc) is 2.18. The van der Waals surface area contributed by atoms with E-state index in [1.807, 2.05) is 6.07 Å². The van der Waals surface area contributed by atoms with E-state index >= 15 is 0 Å². The summed E-state index contributed by atoms with van der Waals surface area (Å²) < 4.78 is 0. The number of Topliss-reactive ketones (excluding diaryl/α,β-unsaturated/α-hetero) is 1. The molecule has 0 fully saturated rings. The van der Waals surface area contributed by atoms with Gasteiger partial charge >= 0.3 is 5.97 Å². The summed E-state index contributed by atoms with van der Waals surface area (Å²) in [4.78, 5) is 21.5. The normalized spacial score (nSPS) is 9.07. The number of aliphatic carboxylic acids is 1. The van der Waals surface area contributed by atoms with Gasteiger partial charge in [-0.15, -0.1) is 12.4 Å². The van der Waals surface area contributed by atoms with Crippen LogP contribution in [0.25, 0.3) is 0 Å². The summed E-state index contributed by atoms with van der Waals surface area (Å²) in [7, 11) is 0. The SMILES string of the molecule is Cl.O=C(O)CNCC(=O)c1ccccc1. The molecule has 0 bridgehead atoms. The second-order valence-corrected chi connectivity index (χ2v) is 2.79. The van der Waals surface area contributed by atoms with Crippen LogP contribution in [0.2, 0.25) is 0 Å². The van der Waals surface area contributed by atoms with Crippen LogP contribution < -0.4 is 5.32 Å². The lowest BCUT2D eigenvalue weighted by molar-refractivity contribution is -0.135. The molecule has 15 heavy (non-hydrogen) atoms. The van der Waals surface area contributed by atoms with Crippen LogP contribution in [0.1, 0.15) is 10.4 Å². The Morgan fingerprint density at radius 2 is 1.73 bits per heavy atom. The van der Waals surface area contributed by atoms with E-state index in [4.69, 9.17) is 5.11 Å². The van der Waals surface area contributed by atoms with Crippen LogP contribution in [0.3, 0.4) is 0 Å². The van der Waals surface area contributed by atoms with Gasteiger partial charge < -0.3 is 5.11 Å². The number of ketones is 1. The van der Waals surface area contributed by atoms with Crippen molar-refractivity contribution in [3.8, 4) is 0 Å². The van der Waals surface area contributed by atoms with Gasteiger partial charge in [-0.1, -0.05) is 30.3 Å². The van der Waals surface area contributed by atoms with Crippen molar-refractivity contribution in [3.05, 3.63) is 35.9 Å². The van der Waals surface area contributed by atoms with E-state index in [2.05, 4.69) is 5.32 Å². The van der Waals surface area contributed by atoms with Gasteiger partial charge in [-0.2, -0.15) is 0 Å². The maximum absolute atomic E-state index is 11.4. The average molecular weight is 230 g/mol. The molecule has 0 heterocycles. The molecule has 0 unspecified atom stereocenters. The highest BCUT2D eigenvalue weighted by molar-refractivity contribution is 5.97. The van der Waals surface area contributed by atoms with E-state index in [1.165, 1.54) is 0 Å². The quantitative estimate of drug-likeness (QED) is 0.739. The van der Waals surface area contributed by atoms with E-state index in [1.54, 1.807) is 24.3 Å². The predicted octanol–water partition coefficient (Wildman–Crippen LogP) is 0.965. The smallest absolute Gasteiger partial charge is 0.317 e. The minimum Gasteiger partial charge on any atom is -0.480 e. The standard InChI is InChI=1S/C10H11NO3.ClH/c12-9(6-11-7-10(13)14)8-4-2-1-3-5-8;/h1-5,11H,6-7H2,(H,13,14);1H. The van der Waals surface area contributed by atoms with E-state index in [9.17, 15) is 9.59 Å². The zero-order valence-corrected chi connectivity index (χ0v) is 8.79. The molecule has 0 atom stereocenters. The van der Waals surface area contributed by atoms with Crippen LogP contribution in [-0.4, -0.2) is 29.9 Å². The van der Waals surface area contributed by atoms with Crippen molar-refractivity contribution in [3.63, 3.8) is 0 Å². The lowest BCUT2D eigenvalue weighted by atomic mass is 10.1. The molecule has 0 radical (unpaired) electrons. The maximum Gasteiger partial charge on any atom is 0.317 e. The Morgan fingerprint density at radius 1 is 1.13 bits per heavy atom. The van der Waals surface area contributed by atoms with E-state index < -0.39 is 5.97 Å². The van der Waals surface area contributed by atoms with Crippen molar-refractivity contribution in [1.29, 1.82) is 0 Å². The van der Waals surface area contributed by atoms with Crippen LogP contribution >= 0.6 is 12.4 Å². The van der Waals surface area contributed by atoms with Gasteiger partial charge in [0, 0.05) is 5.56 Å². The second kappa shape index (κ2) is 6.98. The molecule has 1 rings (SSSR count). The number of nitrogens with one attached hydrogen (secondary N) is 1. The van der Waals surface area contributed by atoms with Crippen molar-refractivity contribution in [2.45, 2.75) is 0 Å². The summed E-state index contributed by atoms with van der Waals surface area (Å²) in [5, 5.41) is 10.9. The Kier molecular flexibility index (Phi) is 6.33. The third kappa shape index (κ3) is 5.15. The molecule has 0 spiro atoms. The molecule has 0 saturated carbocycles. The fourth-order valence-electron chi connectivity index (χ4n) is 1.01. The van der Waals surface area contributed by atoms with Crippen LogP contribution in [0, 0.1) is 0 Å². The van der Waals surface area contributed by atoms with Gasteiger partial charge in [0.05, 0.1) is 13.1 Å². The minimum atomic E-state index is -0.967. The topological polar surface area (TPSA) is 66.4 Å². The maximum atomic E-state index is 11.4. The number of carboxylic acid groups (broad SMARTS) is 1. The van der Waals surface area contributed by atoms with E-state index in [0.717, 1.165) is 0 Å². The Bertz CT molecular complexity index is 327. The highest BCUT2D eigenvalue weighted by Crippen LogP contribution is 1.98. The Morgan fingerprint density at radius 3 is 2.27 bits per heavy atom. The number of carbonyl (C=O) groups is 2. The van der Waals surface area contributed by atoms with Gasteiger partial charge in [-0.05, 0) is 0 Å². The molecule has 1 aromatic carbocycles. The first-order chi connectivity index (χ1) is 6.70. The second-order valence-electron chi connectivity index (χ2n) is 2.79. The van der Waals surface area contributed by atoms with Gasteiger partial charge in [0.2, 0.25) is 0 Å². The molecule has 0 amide bonds. The van der Waals surface area contributed by atoms with Crippen LogP contribution in [0.15, 0.2) is 30.3 Å². The van der Waals surface area contributed by atoms with Crippen molar-refractivity contribution in [2.24, 2.45) is 0 Å². The monoisotopic (exact) mass is 229 g/mol. The summed E-state index contributed by atoms with van der Waals surface area (Å²) >= 11 is 0. The minimum absolute atomic E-state index is 0. The summed E-state index contributed by atoms with van der Waals surface area (Å²) in [6.07, 6.45) is 0. The lowest BCUT2D eigenvalue weighted by Gasteiger charge is -2.00. The number of carbonyl (C=O) groups excluding carboxylic acids is 1. The highest BCUT2D eigenvalue weighted by Gasteiger charge is 2.04. The third-order valence-electron chi connectivity index (χ3n) is 1.66. The highest BCUT2D eigenvalue weighted by atomic mass is 35.5. The van der Waals surface area contributed by atoms with E-state index in [-0.39, 0.29) is 31.3 Å². The molecule has 2 N–H and O–H groups in total. The molecule has 0 aliphatic rings. The van der Waals surface area contributed by atoms with E-state index in [0.29, 0.717) is 5.56 Å². The summed E-state index contributed by atoms with van der Waals surface area (Å²) in [6, 6.07) is 8.76. The zero-order chi connectivity index (χ0) is 10.4. The molecular weight excluding hydrogens is 218 g/mol. The van der Waals surface area contributed by atoms with Gasteiger partial charge in [0.15, 0.2) is 5.78 Å². The molecule has 1 aromatic rings. The molecule has 4 nitrogen and oxygen atoms in total. The van der Waals surface area contributed by atoms with Crippen LogP contribution in [-0.2, 0) is 4.79 Å². The number of halogens is 1. The molecule has 0 aromatic heterocycles. The number of hydrogen-bond acceptors (Lipinski definition) is 3. The summed E-state index contributed by atoms with van der Waals surface area (Å²) in [5.74, 6) is -1.07. The van der Waals surface area contributed by atoms with Crippen molar-refractivity contribution < 1.29 is 14.7 Å². The van der Waals surface area contributed by atoms with Gasteiger partial charge in [-0.25, -0.2) is 0 Å². The van der Waals surface area contributed by atoms with Crippen molar-refractivity contribution in [2.75, 3.05) is 13.1 Å². The van der Waals surface area contributed by atoms with Crippen molar-refractivity contribution >= 4 is 24.2 Å². The molecular formula is C10H12ClNO3. The predicted molar refractivity (Wildman–Crippen MR) is 58.5 cm³/mol. The van der Waals surface area contributed by atoms with Gasteiger partial charge in [0.1, 0.15) is 0 Å². The molecule has 0 saturated heterocycles. The number of carboxylic acids is 1. The molecule has 0 aliphatic heterocycles. The number of hydrogen-bond donors (Lipinski definition) is 2. The third-order valence-corrected chi connectivity index (χ3v) is 1.66. The summed E-state index contributed by atoms with van der Waals surface area (Å²) in [5.41, 5.74) is 0.588. The molecule has 0 aliphatic carbocycles. The zero-order valence-electron chi connectivity index (χ0n) is 7.97. The first-order valence-electron chi connectivity index (χ1n) is 4.21. The number of rotatable bonds is 5. The molecule has 5 heteroatoms.